The van der Waals surface area contributed by atoms with Crippen LogP contribution in [0.15, 0.2) is 61.1 Å². The number of carbonyl (C=O) groups is 1. The average molecular weight is 545 g/mol. The van der Waals surface area contributed by atoms with Gasteiger partial charge in [-0.15, -0.1) is 0 Å². The highest BCUT2D eigenvalue weighted by molar-refractivity contribution is 5.96. The summed E-state index contributed by atoms with van der Waals surface area (Å²) in [5.74, 6) is 0.423. The molecule has 1 fully saturated rings. The standard InChI is InChI=1S/C31H37FN6O2/c1-6-38-10-9-30(35-38)24-12-22(11-23(13-24)25-16-33-37(5)17-25)21(3)34-31(39)29-15-28(8-7-20(29)2)40-19-27-14-26(32)18-36(27)4/h7-13,15-17,21,26-27H,6,14,18-19H2,1-5H3,(H,34,39)/t21-,26-,27+/m1/s1. The van der Waals surface area contributed by atoms with Crippen LogP contribution in [0.5, 0.6) is 5.75 Å². The van der Waals surface area contributed by atoms with Crippen LogP contribution < -0.4 is 10.1 Å². The maximum atomic E-state index is 13.7. The summed E-state index contributed by atoms with van der Waals surface area (Å²) in [6, 6.07) is 13.6. The Hall–Kier alpha value is -3.98. The van der Waals surface area contributed by atoms with Crippen LogP contribution in [0, 0.1) is 6.92 Å². The van der Waals surface area contributed by atoms with E-state index in [2.05, 4.69) is 35.5 Å². The first-order chi connectivity index (χ1) is 19.2. The third-order valence-electron chi connectivity index (χ3n) is 7.63. The number of alkyl halides is 1. The maximum Gasteiger partial charge on any atom is 0.252 e. The van der Waals surface area contributed by atoms with E-state index in [-0.39, 0.29) is 18.0 Å². The van der Waals surface area contributed by atoms with Gasteiger partial charge in [-0.25, -0.2) is 4.39 Å². The lowest BCUT2D eigenvalue weighted by molar-refractivity contribution is 0.0938. The molecule has 0 spiro atoms. The molecular weight excluding hydrogens is 507 g/mol. The molecule has 1 amide bonds. The highest BCUT2D eigenvalue weighted by atomic mass is 19.1. The van der Waals surface area contributed by atoms with Crippen molar-refractivity contribution in [1.82, 2.24) is 29.8 Å². The molecule has 2 aromatic heterocycles. The summed E-state index contributed by atoms with van der Waals surface area (Å²) >= 11 is 0. The predicted molar refractivity (Wildman–Crippen MR) is 154 cm³/mol. The Balaban J connectivity index is 1.36. The Labute approximate surface area is 234 Å². The molecule has 0 saturated carbocycles. The van der Waals surface area contributed by atoms with E-state index in [0.29, 0.717) is 30.9 Å². The Morgan fingerprint density at radius 3 is 2.62 bits per heavy atom. The van der Waals surface area contributed by atoms with E-state index in [0.717, 1.165) is 40.1 Å². The SMILES string of the molecule is CCn1ccc(-c2cc(-c3cnn(C)c3)cc([C@@H](C)NC(=O)c3cc(OC[C@@H]4C[C@@H](F)CN4C)ccc3C)c2)n1. The van der Waals surface area contributed by atoms with Crippen molar-refractivity contribution in [3.8, 4) is 28.1 Å². The molecule has 0 bridgehead atoms. The number of likely N-dealkylation sites (N-methyl/N-ethyl adjacent to an activating group) is 1. The molecule has 0 unspecified atom stereocenters. The molecule has 3 heterocycles. The first-order valence-corrected chi connectivity index (χ1v) is 13.8. The number of aromatic nitrogens is 4. The van der Waals surface area contributed by atoms with E-state index in [1.165, 1.54) is 0 Å². The first-order valence-electron chi connectivity index (χ1n) is 13.8. The Kier molecular flexibility index (Phi) is 8.02. The molecule has 9 heteroatoms. The number of nitrogens with zero attached hydrogens (tertiary/aromatic N) is 5. The van der Waals surface area contributed by atoms with Crippen molar-refractivity contribution in [2.24, 2.45) is 7.05 Å². The minimum absolute atomic E-state index is 0.0265. The number of amides is 1. The quantitative estimate of drug-likeness (QED) is 0.314. The molecule has 5 rings (SSSR count). The Bertz CT molecular complexity index is 1490. The molecule has 8 nitrogen and oxygen atoms in total. The summed E-state index contributed by atoms with van der Waals surface area (Å²) in [6.07, 6.45) is 5.42. The molecule has 0 aliphatic carbocycles. The van der Waals surface area contributed by atoms with Gasteiger partial charge in [-0.3, -0.25) is 19.1 Å². The number of hydrogen-bond donors (Lipinski definition) is 1. The fraction of sp³-hybridized carbons (Fsp3) is 0.387. The van der Waals surface area contributed by atoms with Crippen molar-refractivity contribution in [2.45, 2.75) is 52.0 Å². The van der Waals surface area contributed by atoms with Gasteiger partial charge in [0.25, 0.3) is 5.91 Å². The van der Waals surface area contributed by atoms with Crippen LogP contribution in [0.1, 0.15) is 47.8 Å². The van der Waals surface area contributed by atoms with Crippen molar-refractivity contribution in [3.05, 3.63) is 77.7 Å². The van der Waals surface area contributed by atoms with E-state index >= 15 is 0 Å². The van der Waals surface area contributed by atoms with Crippen molar-refractivity contribution >= 4 is 5.91 Å². The molecule has 210 valence electrons. The number of hydrogen-bond acceptors (Lipinski definition) is 5. The van der Waals surface area contributed by atoms with Gasteiger partial charge in [-0.05, 0) is 87.3 Å². The molecule has 1 aliphatic rings. The zero-order chi connectivity index (χ0) is 28.4. The van der Waals surface area contributed by atoms with E-state index < -0.39 is 6.17 Å². The number of likely N-dealkylation sites (tertiary alicyclic amines) is 1. The van der Waals surface area contributed by atoms with Crippen LogP contribution in [-0.4, -0.2) is 62.8 Å². The summed E-state index contributed by atoms with van der Waals surface area (Å²) in [5.41, 5.74) is 6.22. The molecular formula is C31H37FN6O2. The Morgan fingerprint density at radius 2 is 1.95 bits per heavy atom. The highest BCUT2D eigenvalue weighted by Crippen LogP contribution is 2.30. The van der Waals surface area contributed by atoms with Crippen LogP contribution in [0.25, 0.3) is 22.4 Å². The van der Waals surface area contributed by atoms with Crippen LogP contribution >= 0.6 is 0 Å². The second kappa shape index (κ2) is 11.6. The van der Waals surface area contributed by atoms with Gasteiger partial charge in [-0.2, -0.15) is 10.2 Å². The zero-order valence-electron chi connectivity index (χ0n) is 23.8. The van der Waals surface area contributed by atoms with Crippen molar-refractivity contribution in [1.29, 1.82) is 0 Å². The summed E-state index contributed by atoms with van der Waals surface area (Å²) in [4.78, 5) is 15.4. The molecule has 1 aliphatic heterocycles. The summed E-state index contributed by atoms with van der Waals surface area (Å²) < 4.78 is 23.4. The maximum absolute atomic E-state index is 13.7. The minimum Gasteiger partial charge on any atom is -0.492 e. The van der Waals surface area contributed by atoms with Crippen LogP contribution in [0.4, 0.5) is 4.39 Å². The lowest BCUT2D eigenvalue weighted by atomic mass is 9.96. The topological polar surface area (TPSA) is 77.2 Å². The fourth-order valence-corrected chi connectivity index (χ4v) is 5.17. The summed E-state index contributed by atoms with van der Waals surface area (Å²) in [5, 5.41) is 12.2. The van der Waals surface area contributed by atoms with Crippen molar-refractivity contribution in [2.75, 3.05) is 20.2 Å². The molecule has 4 aromatic rings. The van der Waals surface area contributed by atoms with Gasteiger partial charge in [0.05, 0.1) is 17.9 Å². The fourth-order valence-electron chi connectivity index (χ4n) is 5.17. The first kappa shape index (κ1) is 27.6. The molecule has 1 saturated heterocycles. The molecule has 1 N–H and O–H groups in total. The minimum atomic E-state index is -0.820. The highest BCUT2D eigenvalue weighted by Gasteiger charge is 2.29. The predicted octanol–water partition coefficient (Wildman–Crippen LogP) is 5.19. The van der Waals surface area contributed by atoms with Crippen LogP contribution in [-0.2, 0) is 13.6 Å². The molecule has 0 radical (unpaired) electrons. The normalized spacial score (nSPS) is 18.1. The third-order valence-corrected chi connectivity index (χ3v) is 7.63. The van der Waals surface area contributed by atoms with E-state index in [4.69, 9.17) is 9.84 Å². The zero-order valence-corrected chi connectivity index (χ0v) is 23.8. The van der Waals surface area contributed by atoms with Gasteiger partial charge in [0, 0.05) is 55.3 Å². The average Bonchev–Trinajstić information content (AvgIpc) is 3.67. The van der Waals surface area contributed by atoms with E-state index in [1.54, 1.807) is 10.7 Å². The summed E-state index contributed by atoms with van der Waals surface area (Å²) in [7, 11) is 3.80. The van der Waals surface area contributed by atoms with Gasteiger partial charge < -0.3 is 10.1 Å². The molecule has 40 heavy (non-hydrogen) atoms. The lowest BCUT2D eigenvalue weighted by Crippen LogP contribution is -2.30. The van der Waals surface area contributed by atoms with Gasteiger partial charge in [0.2, 0.25) is 0 Å². The van der Waals surface area contributed by atoms with Gasteiger partial charge in [-0.1, -0.05) is 6.07 Å². The lowest BCUT2D eigenvalue weighted by Gasteiger charge is -2.20. The molecule has 2 aromatic carbocycles. The van der Waals surface area contributed by atoms with Crippen molar-refractivity contribution in [3.63, 3.8) is 0 Å². The van der Waals surface area contributed by atoms with Crippen molar-refractivity contribution < 1.29 is 13.9 Å². The number of aryl methyl sites for hydroxylation is 3. The van der Waals surface area contributed by atoms with Gasteiger partial charge >= 0.3 is 0 Å². The second-order valence-electron chi connectivity index (χ2n) is 10.7. The number of ether oxygens (including phenoxy) is 1. The van der Waals surface area contributed by atoms with Gasteiger partial charge in [0.15, 0.2) is 0 Å². The second-order valence-corrected chi connectivity index (χ2v) is 10.7. The largest absolute Gasteiger partial charge is 0.492 e. The monoisotopic (exact) mass is 544 g/mol. The van der Waals surface area contributed by atoms with E-state index in [9.17, 15) is 9.18 Å². The third kappa shape index (κ3) is 6.09. The van der Waals surface area contributed by atoms with Gasteiger partial charge in [0.1, 0.15) is 18.5 Å². The smallest absolute Gasteiger partial charge is 0.252 e. The summed E-state index contributed by atoms with van der Waals surface area (Å²) in [6.45, 7) is 7.55. The van der Waals surface area contributed by atoms with E-state index in [1.807, 2.05) is 74.3 Å². The van der Waals surface area contributed by atoms with Crippen LogP contribution in [0.2, 0.25) is 0 Å². The Morgan fingerprint density at radius 1 is 1.15 bits per heavy atom. The number of rotatable bonds is 9. The number of benzene rings is 2. The number of halogens is 1. The number of carbonyl (C=O) groups excluding carboxylic acids is 1. The number of nitrogens with one attached hydrogen (secondary N) is 1. The molecule has 3 atom stereocenters. The van der Waals surface area contributed by atoms with Crippen LogP contribution in [0.3, 0.4) is 0 Å².